The van der Waals surface area contributed by atoms with Gasteiger partial charge in [0.25, 0.3) is 0 Å². The average molecular weight is 212 g/mol. The number of aromatic nitrogens is 2. The van der Waals surface area contributed by atoms with Gasteiger partial charge in [-0.1, -0.05) is 36.4 Å². The number of nitrogens with zero attached hydrogens (tertiary/aromatic N) is 1. The van der Waals surface area contributed by atoms with Crippen LogP contribution in [0.4, 0.5) is 0 Å². The minimum absolute atomic E-state index is 0.114. The molecule has 0 radical (unpaired) electrons. The molecule has 0 amide bonds. The molecule has 0 aliphatic rings. The molecule has 1 N–H and O–H groups in total. The van der Waals surface area contributed by atoms with E-state index >= 15 is 0 Å². The van der Waals surface area contributed by atoms with Crippen molar-refractivity contribution >= 4 is 11.9 Å². The highest BCUT2D eigenvalue weighted by atomic mass is 16.1. The number of hydrogen-bond donors (Lipinski definition) is 1. The van der Waals surface area contributed by atoms with Crippen LogP contribution in [0.5, 0.6) is 0 Å². The van der Waals surface area contributed by atoms with Gasteiger partial charge in [0.1, 0.15) is 0 Å². The lowest BCUT2D eigenvalue weighted by Crippen LogP contribution is -1.96. The molecule has 0 spiro atoms. The number of carbonyl (C=O) groups excluding carboxylic acids is 1. The molecular formula is C13H12N2O. The van der Waals surface area contributed by atoms with Crippen molar-refractivity contribution in [1.82, 2.24) is 9.97 Å². The Balaban J connectivity index is 2.11. The topological polar surface area (TPSA) is 45.8 Å². The number of carbonyl (C=O) groups is 1. The molecule has 3 heteroatoms. The fraction of sp³-hybridized carbons (Fsp3) is 0.0769. The molecule has 1 aromatic heterocycles. The maximum absolute atomic E-state index is 11.7. The number of H-pyrrole nitrogens is 1. The summed E-state index contributed by atoms with van der Waals surface area (Å²) < 4.78 is 0. The van der Waals surface area contributed by atoms with Gasteiger partial charge in [-0.2, -0.15) is 0 Å². The van der Waals surface area contributed by atoms with Gasteiger partial charge in [0.05, 0.1) is 0 Å². The molecule has 0 aliphatic carbocycles. The summed E-state index contributed by atoms with van der Waals surface area (Å²) in [5, 5.41) is 0. The predicted molar refractivity (Wildman–Crippen MR) is 63.1 cm³/mol. The molecule has 0 fully saturated rings. The Morgan fingerprint density at radius 3 is 2.69 bits per heavy atom. The SMILES string of the molecule is Cc1cnc(C(=O)C=Cc2ccccc2)[nH]1. The van der Waals surface area contributed by atoms with Crippen molar-refractivity contribution in [2.24, 2.45) is 0 Å². The van der Waals surface area contributed by atoms with Crippen LogP contribution in [0.25, 0.3) is 6.08 Å². The third-order valence-corrected chi connectivity index (χ3v) is 2.16. The first-order valence-corrected chi connectivity index (χ1v) is 5.05. The second-order valence-corrected chi connectivity index (χ2v) is 3.52. The largest absolute Gasteiger partial charge is 0.339 e. The Kier molecular flexibility index (Phi) is 2.96. The quantitative estimate of drug-likeness (QED) is 0.628. The monoisotopic (exact) mass is 212 g/mol. The standard InChI is InChI=1S/C13H12N2O/c1-10-9-14-13(15-10)12(16)8-7-11-5-3-2-4-6-11/h2-9H,1H3,(H,14,15). The lowest BCUT2D eigenvalue weighted by Gasteiger charge is -1.91. The van der Waals surface area contributed by atoms with E-state index in [-0.39, 0.29) is 5.78 Å². The van der Waals surface area contributed by atoms with E-state index in [1.165, 1.54) is 6.08 Å². The number of ketones is 1. The van der Waals surface area contributed by atoms with Gasteiger partial charge in [-0.05, 0) is 18.6 Å². The third kappa shape index (κ3) is 2.45. The maximum atomic E-state index is 11.7. The van der Waals surface area contributed by atoms with E-state index in [9.17, 15) is 4.79 Å². The summed E-state index contributed by atoms with van der Waals surface area (Å²) in [4.78, 5) is 18.5. The van der Waals surface area contributed by atoms with Crippen LogP contribution in [0, 0.1) is 6.92 Å². The van der Waals surface area contributed by atoms with E-state index in [1.807, 2.05) is 37.3 Å². The number of aromatic amines is 1. The summed E-state index contributed by atoms with van der Waals surface area (Å²) in [6.45, 7) is 1.87. The van der Waals surface area contributed by atoms with Gasteiger partial charge >= 0.3 is 0 Å². The van der Waals surface area contributed by atoms with Gasteiger partial charge in [0.2, 0.25) is 5.78 Å². The maximum Gasteiger partial charge on any atom is 0.221 e. The zero-order valence-electron chi connectivity index (χ0n) is 8.97. The Morgan fingerprint density at radius 2 is 2.06 bits per heavy atom. The molecule has 16 heavy (non-hydrogen) atoms. The summed E-state index contributed by atoms with van der Waals surface area (Å²) in [5.74, 6) is 0.265. The van der Waals surface area contributed by atoms with Crippen molar-refractivity contribution < 1.29 is 4.79 Å². The smallest absolute Gasteiger partial charge is 0.221 e. The number of allylic oxidation sites excluding steroid dienone is 1. The molecule has 1 aromatic carbocycles. The minimum Gasteiger partial charge on any atom is -0.339 e. The van der Waals surface area contributed by atoms with Gasteiger partial charge in [-0.25, -0.2) is 4.98 Å². The highest BCUT2D eigenvalue weighted by Crippen LogP contribution is 2.03. The Hall–Kier alpha value is -2.16. The highest BCUT2D eigenvalue weighted by molar-refractivity contribution is 6.04. The van der Waals surface area contributed by atoms with Gasteiger partial charge in [0.15, 0.2) is 5.82 Å². The van der Waals surface area contributed by atoms with E-state index in [2.05, 4.69) is 9.97 Å². The van der Waals surface area contributed by atoms with E-state index in [0.29, 0.717) is 5.82 Å². The normalized spacial score (nSPS) is 10.8. The molecule has 1 heterocycles. The Morgan fingerprint density at radius 1 is 1.31 bits per heavy atom. The summed E-state index contributed by atoms with van der Waals surface area (Å²) in [6, 6.07) is 9.69. The first-order chi connectivity index (χ1) is 7.75. The molecule has 0 aliphatic heterocycles. The fourth-order valence-electron chi connectivity index (χ4n) is 1.35. The van der Waals surface area contributed by atoms with Crippen molar-refractivity contribution in [3.8, 4) is 0 Å². The van der Waals surface area contributed by atoms with Crippen LogP contribution in [0.15, 0.2) is 42.6 Å². The van der Waals surface area contributed by atoms with Crippen molar-refractivity contribution in [1.29, 1.82) is 0 Å². The van der Waals surface area contributed by atoms with Crippen molar-refractivity contribution in [2.45, 2.75) is 6.92 Å². The Bertz CT molecular complexity index is 512. The van der Waals surface area contributed by atoms with Crippen molar-refractivity contribution in [3.05, 3.63) is 59.7 Å². The van der Waals surface area contributed by atoms with Gasteiger partial charge in [0, 0.05) is 11.9 Å². The molecule has 80 valence electrons. The van der Waals surface area contributed by atoms with Gasteiger partial charge in [-0.3, -0.25) is 4.79 Å². The average Bonchev–Trinajstić information content (AvgIpc) is 2.74. The summed E-state index contributed by atoms with van der Waals surface area (Å²) in [5.41, 5.74) is 1.88. The molecule has 0 saturated heterocycles. The summed E-state index contributed by atoms with van der Waals surface area (Å²) in [6.07, 6.45) is 4.94. The van der Waals surface area contributed by atoms with Crippen LogP contribution in [-0.2, 0) is 0 Å². The predicted octanol–water partition coefficient (Wildman–Crippen LogP) is 2.61. The van der Waals surface area contributed by atoms with E-state index in [0.717, 1.165) is 11.3 Å². The van der Waals surface area contributed by atoms with Crippen molar-refractivity contribution in [3.63, 3.8) is 0 Å². The molecule has 0 saturated carbocycles. The summed E-state index contributed by atoms with van der Waals surface area (Å²) >= 11 is 0. The van der Waals surface area contributed by atoms with Crippen LogP contribution < -0.4 is 0 Å². The van der Waals surface area contributed by atoms with Gasteiger partial charge in [-0.15, -0.1) is 0 Å². The highest BCUT2D eigenvalue weighted by Gasteiger charge is 2.04. The first-order valence-electron chi connectivity index (χ1n) is 5.05. The lowest BCUT2D eigenvalue weighted by molar-refractivity contribution is 0.103. The molecule has 0 atom stereocenters. The van der Waals surface area contributed by atoms with Crippen LogP contribution in [-0.4, -0.2) is 15.8 Å². The summed E-state index contributed by atoms with van der Waals surface area (Å²) in [7, 11) is 0. The lowest BCUT2D eigenvalue weighted by atomic mass is 10.2. The number of rotatable bonds is 3. The van der Waals surface area contributed by atoms with E-state index in [4.69, 9.17) is 0 Å². The van der Waals surface area contributed by atoms with E-state index < -0.39 is 0 Å². The zero-order valence-corrected chi connectivity index (χ0v) is 8.97. The van der Waals surface area contributed by atoms with E-state index in [1.54, 1.807) is 12.3 Å². The van der Waals surface area contributed by atoms with Crippen LogP contribution in [0.1, 0.15) is 21.9 Å². The fourth-order valence-corrected chi connectivity index (χ4v) is 1.35. The van der Waals surface area contributed by atoms with Crippen molar-refractivity contribution in [2.75, 3.05) is 0 Å². The molecule has 2 rings (SSSR count). The zero-order chi connectivity index (χ0) is 11.4. The third-order valence-electron chi connectivity index (χ3n) is 2.16. The number of benzene rings is 1. The molecule has 0 unspecified atom stereocenters. The minimum atomic E-state index is -0.114. The number of aryl methyl sites for hydroxylation is 1. The molecule has 2 aromatic rings. The van der Waals surface area contributed by atoms with Gasteiger partial charge < -0.3 is 4.98 Å². The first kappa shape index (κ1) is 10.4. The number of nitrogens with one attached hydrogen (secondary N) is 1. The van der Waals surface area contributed by atoms with Crippen LogP contribution in [0.2, 0.25) is 0 Å². The molecular weight excluding hydrogens is 200 g/mol. The second-order valence-electron chi connectivity index (χ2n) is 3.52. The second kappa shape index (κ2) is 4.57. The Labute approximate surface area is 93.8 Å². The molecule has 3 nitrogen and oxygen atoms in total. The molecule has 0 bridgehead atoms. The van der Waals surface area contributed by atoms with Crippen LogP contribution >= 0.6 is 0 Å². The van der Waals surface area contributed by atoms with Crippen LogP contribution in [0.3, 0.4) is 0 Å². The number of hydrogen-bond acceptors (Lipinski definition) is 2. The number of imidazole rings is 1.